The van der Waals surface area contributed by atoms with Gasteiger partial charge in [0.05, 0.1) is 0 Å². The summed E-state index contributed by atoms with van der Waals surface area (Å²) in [5.74, 6) is 0.561. The van der Waals surface area contributed by atoms with Crippen molar-refractivity contribution in [2.45, 2.75) is 33.6 Å². The number of anilines is 1. The van der Waals surface area contributed by atoms with E-state index >= 15 is 0 Å². The molecule has 0 aliphatic heterocycles. The molecule has 15 heavy (non-hydrogen) atoms. The molecule has 0 unspecified atom stereocenters. The van der Waals surface area contributed by atoms with Gasteiger partial charge in [-0.05, 0) is 19.8 Å². The minimum Gasteiger partial charge on any atom is -0.394 e. The summed E-state index contributed by atoms with van der Waals surface area (Å²) in [7, 11) is 0. The Labute approximate surface area is 106 Å². The molecular formula is C13H20LiN. The molecule has 0 aliphatic carbocycles. The van der Waals surface area contributed by atoms with Gasteiger partial charge in [-0.15, -0.1) is 6.07 Å². The zero-order valence-corrected chi connectivity index (χ0v) is 10.7. The quantitative estimate of drug-likeness (QED) is 0.501. The Balaban J connectivity index is 0.00000196. The first-order valence-electron chi connectivity index (χ1n) is 5.46. The normalized spacial score (nSPS) is 9.93. The predicted molar refractivity (Wildman–Crippen MR) is 62.9 cm³/mol. The second-order valence-corrected chi connectivity index (χ2v) is 3.82. The second-order valence-electron chi connectivity index (χ2n) is 3.82. The van der Waals surface area contributed by atoms with E-state index in [0.717, 1.165) is 13.1 Å². The molecule has 1 nitrogen and oxygen atoms in total. The van der Waals surface area contributed by atoms with Crippen molar-refractivity contribution in [2.75, 3.05) is 18.0 Å². The Morgan fingerprint density at radius 3 is 2.27 bits per heavy atom. The standard InChI is InChI=1S/C13H20N.Li/c1-5-14(6-2)13-9-7-8-12(10-13)11(3)4;/h7-9,11H,5-6H2,1-4H3;/q-1;+1. The molecule has 1 aromatic carbocycles. The summed E-state index contributed by atoms with van der Waals surface area (Å²) in [5, 5.41) is 0. The van der Waals surface area contributed by atoms with Crippen molar-refractivity contribution in [3.05, 3.63) is 29.8 Å². The van der Waals surface area contributed by atoms with Gasteiger partial charge < -0.3 is 4.90 Å². The van der Waals surface area contributed by atoms with Crippen LogP contribution in [0.2, 0.25) is 0 Å². The minimum absolute atomic E-state index is 0. The molecule has 0 fully saturated rings. The van der Waals surface area contributed by atoms with Gasteiger partial charge in [0, 0.05) is 13.1 Å². The van der Waals surface area contributed by atoms with Crippen LogP contribution >= 0.6 is 0 Å². The number of hydrogen-bond donors (Lipinski definition) is 0. The van der Waals surface area contributed by atoms with E-state index in [-0.39, 0.29) is 18.9 Å². The maximum absolute atomic E-state index is 3.47. The van der Waals surface area contributed by atoms with Crippen molar-refractivity contribution >= 4 is 5.69 Å². The van der Waals surface area contributed by atoms with Gasteiger partial charge in [0.2, 0.25) is 0 Å². The van der Waals surface area contributed by atoms with Gasteiger partial charge in [0.15, 0.2) is 0 Å². The van der Waals surface area contributed by atoms with Crippen molar-refractivity contribution in [1.82, 2.24) is 0 Å². The summed E-state index contributed by atoms with van der Waals surface area (Å²) in [6, 6.07) is 9.88. The third-order valence-electron chi connectivity index (χ3n) is 2.53. The topological polar surface area (TPSA) is 3.24 Å². The van der Waals surface area contributed by atoms with Crippen LogP contribution in [0.5, 0.6) is 0 Å². The zero-order valence-electron chi connectivity index (χ0n) is 10.7. The van der Waals surface area contributed by atoms with E-state index in [1.165, 1.54) is 11.3 Å². The van der Waals surface area contributed by atoms with Crippen LogP contribution in [0.25, 0.3) is 0 Å². The molecule has 0 radical (unpaired) electrons. The van der Waals surface area contributed by atoms with Crippen LogP contribution in [0.1, 0.15) is 39.2 Å². The third-order valence-corrected chi connectivity index (χ3v) is 2.53. The summed E-state index contributed by atoms with van der Waals surface area (Å²) in [4.78, 5) is 2.33. The van der Waals surface area contributed by atoms with E-state index in [2.05, 4.69) is 56.9 Å². The molecular weight excluding hydrogens is 177 g/mol. The van der Waals surface area contributed by atoms with E-state index in [4.69, 9.17) is 0 Å². The molecule has 0 spiro atoms. The zero-order chi connectivity index (χ0) is 10.6. The van der Waals surface area contributed by atoms with E-state index in [1.54, 1.807) is 0 Å². The fourth-order valence-corrected chi connectivity index (χ4v) is 1.56. The van der Waals surface area contributed by atoms with Crippen molar-refractivity contribution < 1.29 is 18.9 Å². The maximum atomic E-state index is 3.47. The summed E-state index contributed by atoms with van der Waals surface area (Å²) in [5.41, 5.74) is 2.52. The molecule has 0 amide bonds. The van der Waals surface area contributed by atoms with Gasteiger partial charge in [0.25, 0.3) is 0 Å². The molecule has 0 aromatic heterocycles. The minimum atomic E-state index is 0. The monoisotopic (exact) mass is 197 g/mol. The molecule has 0 atom stereocenters. The molecule has 78 valence electrons. The van der Waals surface area contributed by atoms with Gasteiger partial charge in [-0.25, -0.2) is 0 Å². The Hall–Kier alpha value is -0.383. The van der Waals surface area contributed by atoms with Crippen LogP contribution in [0.3, 0.4) is 0 Å². The van der Waals surface area contributed by atoms with Gasteiger partial charge in [0.1, 0.15) is 0 Å². The van der Waals surface area contributed by atoms with Crippen molar-refractivity contribution in [3.63, 3.8) is 0 Å². The van der Waals surface area contributed by atoms with E-state index in [0.29, 0.717) is 5.92 Å². The maximum Gasteiger partial charge on any atom is 1.00 e. The molecule has 0 heterocycles. The SMILES string of the molecule is CCN(CC)c1[c-]c(C(C)C)ccc1.[Li+]. The van der Waals surface area contributed by atoms with Crippen LogP contribution in [0.15, 0.2) is 18.2 Å². The van der Waals surface area contributed by atoms with Gasteiger partial charge >= 0.3 is 18.9 Å². The summed E-state index contributed by atoms with van der Waals surface area (Å²) in [6.45, 7) is 10.9. The van der Waals surface area contributed by atoms with Crippen LogP contribution in [0, 0.1) is 6.07 Å². The van der Waals surface area contributed by atoms with Gasteiger partial charge in [-0.3, -0.25) is 0 Å². The Morgan fingerprint density at radius 1 is 1.20 bits per heavy atom. The van der Waals surface area contributed by atoms with Crippen LogP contribution in [0.4, 0.5) is 5.69 Å². The molecule has 0 aliphatic rings. The van der Waals surface area contributed by atoms with Crippen LogP contribution in [-0.2, 0) is 0 Å². The number of benzene rings is 1. The Kier molecular flexibility index (Phi) is 6.81. The van der Waals surface area contributed by atoms with Crippen molar-refractivity contribution in [1.29, 1.82) is 0 Å². The van der Waals surface area contributed by atoms with Crippen LogP contribution < -0.4 is 23.8 Å². The predicted octanol–water partition coefficient (Wildman–Crippen LogP) is 0.460. The first-order valence-corrected chi connectivity index (χ1v) is 5.46. The third kappa shape index (κ3) is 3.93. The first kappa shape index (κ1) is 14.6. The smallest absolute Gasteiger partial charge is 0.394 e. The Morgan fingerprint density at radius 2 is 1.80 bits per heavy atom. The second kappa shape index (κ2) is 6.98. The van der Waals surface area contributed by atoms with Crippen molar-refractivity contribution in [2.24, 2.45) is 0 Å². The van der Waals surface area contributed by atoms with E-state index < -0.39 is 0 Å². The summed E-state index contributed by atoms with van der Waals surface area (Å²) >= 11 is 0. The van der Waals surface area contributed by atoms with Crippen LogP contribution in [-0.4, -0.2) is 13.1 Å². The van der Waals surface area contributed by atoms with Crippen molar-refractivity contribution in [3.8, 4) is 0 Å². The average Bonchev–Trinajstić information content (AvgIpc) is 2.20. The number of rotatable bonds is 4. The molecule has 0 N–H and O–H groups in total. The number of hydrogen-bond acceptors (Lipinski definition) is 1. The number of nitrogens with zero attached hydrogens (tertiary/aromatic N) is 1. The molecule has 2 heteroatoms. The molecule has 1 aromatic rings. The molecule has 0 bridgehead atoms. The molecule has 1 rings (SSSR count). The first-order chi connectivity index (χ1) is 6.69. The largest absolute Gasteiger partial charge is 1.00 e. The van der Waals surface area contributed by atoms with E-state index in [1.807, 2.05) is 0 Å². The summed E-state index contributed by atoms with van der Waals surface area (Å²) < 4.78 is 0. The van der Waals surface area contributed by atoms with E-state index in [9.17, 15) is 0 Å². The Bertz CT molecular complexity index is 280. The fraction of sp³-hybridized carbons (Fsp3) is 0.538. The van der Waals surface area contributed by atoms with Gasteiger partial charge in [-0.1, -0.05) is 19.5 Å². The molecule has 0 saturated carbocycles. The average molecular weight is 197 g/mol. The van der Waals surface area contributed by atoms with Gasteiger partial charge in [-0.2, -0.15) is 23.8 Å². The molecule has 0 saturated heterocycles. The summed E-state index contributed by atoms with van der Waals surface area (Å²) in [6.07, 6.45) is 0. The fourth-order valence-electron chi connectivity index (χ4n) is 1.56.